The Morgan fingerprint density at radius 1 is 1.35 bits per heavy atom. The number of aromatic nitrogens is 2. The lowest BCUT2D eigenvalue weighted by atomic mass is 10.2. The summed E-state index contributed by atoms with van der Waals surface area (Å²) in [6, 6.07) is 1.76. The molecule has 3 rings (SSSR count). The van der Waals surface area contributed by atoms with Crippen LogP contribution in [0.1, 0.15) is 12.8 Å². The SMILES string of the molecule is CN1CCN(c2cnn(CC(N)C3CC3)c(=O)c2)CC1. The van der Waals surface area contributed by atoms with Gasteiger partial charge >= 0.3 is 0 Å². The van der Waals surface area contributed by atoms with E-state index in [0.29, 0.717) is 12.5 Å². The van der Waals surface area contributed by atoms with Gasteiger partial charge in [-0.05, 0) is 25.8 Å². The number of hydrogen-bond donors (Lipinski definition) is 1. The van der Waals surface area contributed by atoms with Crippen molar-refractivity contribution < 1.29 is 0 Å². The van der Waals surface area contributed by atoms with E-state index in [9.17, 15) is 4.79 Å². The van der Waals surface area contributed by atoms with E-state index in [1.165, 1.54) is 17.5 Å². The van der Waals surface area contributed by atoms with Gasteiger partial charge in [-0.25, -0.2) is 4.68 Å². The van der Waals surface area contributed by atoms with Crippen LogP contribution in [0.3, 0.4) is 0 Å². The van der Waals surface area contributed by atoms with Crippen molar-refractivity contribution in [2.75, 3.05) is 38.1 Å². The number of nitrogens with two attached hydrogens (primary N) is 1. The van der Waals surface area contributed by atoms with E-state index in [0.717, 1.165) is 31.9 Å². The summed E-state index contributed by atoms with van der Waals surface area (Å²) in [5, 5.41) is 4.29. The molecule has 2 aliphatic rings. The second-order valence-corrected chi connectivity index (χ2v) is 6.03. The molecule has 1 aliphatic heterocycles. The molecule has 1 aromatic heterocycles. The maximum absolute atomic E-state index is 12.1. The van der Waals surface area contributed by atoms with Crippen molar-refractivity contribution in [1.82, 2.24) is 14.7 Å². The Hall–Kier alpha value is -1.40. The molecule has 20 heavy (non-hydrogen) atoms. The third kappa shape index (κ3) is 3.02. The first kappa shape index (κ1) is 13.6. The standard InChI is InChI=1S/C14H23N5O/c1-17-4-6-18(7-5-17)12-8-14(20)19(16-9-12)10-13(15)11-2-3-11/h8-9,11,13H,2-7,10,15H2,1H3. The fourth-order valence-corrected chi connectivity index (χ4v) is 2.67. The van der Waals surface area contributed by atoms with Crippen LogP contribution in [0.5, 0.6) is 0 Å². The first-order valence-corrected chi connectivity index (χ1v) is 7.40. The topological polar surface area (TPSA) is 67.4 Å². The Bertz CT molecular complexity index is 517. The second-order valence-electron chi connectivity index (χ2n) is 6.03. The predicted molar refractivity (Wildman–Crippen MR) is 78.9 cm³/mol. The molecule has 110 valence electrons. The summed E-state index contributed by atoms with van der Waals surface area (Å²) in [5.41, 5.74) is 6.95. The molecule has 2 heterocycles. The van der Waals surface area contributed by atoms with Crippen molar-refractivity contribution in [2.24, 2.45) is 11.7 Å². The smallest absolute Gasteiger partial charge is 0.268 e. The number of likely N-dealkylation sites (N-methyl/N-ethyl adjacent to an activating group) is 1. The highest BCUT2D eigenvalue weighted by atomic mass is 16.1. The van der Waals surface area contributed by atoms with Crippen LogP contribution >= 0.6 is 0 Å². The molecule has 0 aromatic carbocycles. The highest BCUT2D eigenvalue weighted by molar-refractivity contribution is 5.43. The number of piperazine rings is 1. The zero-order chi connectivity index (χ0) is 14.1. The zero-order valence-electron chi connectivity index (χ0n) is 12.0. The first-order valence-electron chi connectivity index (χ1n) is 7.40. The van der Waals surface area contributed by atoms with Crippen LogP contribution in [0.4, 0.5) is 5.69 Å². The Kier molecular flexibility index (Phi) is 3.76. The lowest BCUT2D eigenvalue weighted by Gasteiger charge is -2.33. The summed E-state index contributed by atoms with van der Waals surface area (Å²) >= 11 is 0. The van der Waals surface area contributed by atoms with Gasteiger partial charge in [0.15, 0.2) is 0 Å². The van der Waals surface area contributed by atoms with Crippen LogP contribution in [0.15, 0.2) is 17.1 Å². The summed E-state index contributed by atoms with van der Waals surface area (Å²) < 4.78 is 1.50. The number of anilines is 1. The molecular formula is C14H23N5O. The molecule has 1 aliphatic carbocycles. The largest absolute Gasteiger partial charge is 0.368 e. The molecule has 6 nitrogen and oxygen atoms in total. The van der Waals surface area contributed by atoms with Crippen LogP contribution in [-0.2, 0) is 6.54 Å². The molecule has 0 spiro atoms. The third-order valence-electron chi connectivity index (χ3n) is 4.33. The number of rotatable bonds is 4. The number of nitrogens with zero attached hydrogens (tertiary/aromatic N) is 4. The van der Waals surface area contributed by atoms with Crippen LogP contribution in [0.25, 0.3) is 0 Å². The highest BCUT2D eigenvalue weighted by Crippen LogP contribution is 2.31. The van der Waals surface area contributed by atoms with Gasteiger partial charge in [0.25, 0.3) is 5.56 Å². The van der Waals surface area contributed by atoms with Crippen molar-refractivity contribution >= 4 is 5.69 Å². The Labute approximate surface area is 119 Å². The summed E-state index contributed by atoms with van der Waals surface area (Å²) in [5.74, 6) is 0.584. The average Bonchev–Trinajstić information content (AvgIpc) is 3.26. The Morgan fingerprint density at radius 2 is 2.05 bits per heavy atom. The van der Waals surface area contributed by atoms with E-state index in [-0.39, 0.29) is 11.6 Å². The van der Waals surface area contributed by atoms with Gasteiger partial charge in [0.05, 0.1) is 18.4 Å². The van der Waals surface area contributed by atoms with Crippen LogP contribution < -0.4 is 16.2 Å². The van der Waals surface area contributed by atoms with E-state index in [1.54, 1.807) is 12.3 Å². The highest BCUT2D eigenvalue weighted by Gasteiger charge is 2.29. The molecule has 2 N–H and O–H groups in total. The van der Waals surface area contributed by atoms with E-state index >= 15 is 0 Å². The van der Waals surface area contributed by atoms with Crippen LogP contribution in [0, 0.1) is 5.92 Å². The predicted octanol–water partition coefficient (Wildman–Crippen LogP) is -0.268. The van der Waals surface area contributed by atoms with Crippen molar-refractivity contribution in [3.05, 3.63) is 22.6 Å². The quantitative estimate of drug-likeness (QED) is 0.821. The van der Waals surface area contributed by atoms with Gasteiger partial charge in [-0.2, -0.15) is 5.10 Å². The van der Waals surface area contributed by atoms with Crippen molar-refractivity contribution in [2.45, 2.75) is 25.4 Å². The van der Waals surface area contributed by atoms with Gasteiger partial charge in [-0.15, -0.1) is 0 Å². The van der Waals surface area contributed by atoms with Gasteiger partial charge < -0.3 is 15.5 Å². The van der Waals surface area contributed by atoms with Crippen LogP contribution in [0.2, 0.25) is 0 Å². The molecule has 1 unspecified atom stereocenters. The third-order valence-corrected chi connectivity index (χ3v) is 4.33. The average molecular weight is 277 g/mol. The van der Waals surface area contributed by atoms with Crippen molar-refractivity contribution in [1.29, 1.82) is 0 Å². The normalized spacial score (nSPS) is 22.0. The fraction of sp³-hybridized carbons (Fsp3) is 0.714. The van der Waals surface area contributed by atoms with Gasteiger partial charge in [0.1, 0.15) is 0 Å². The van der Waals surface area contributed by atoms with E-state index in [1.807, 2.05) is 0 Å². The lowest BCUT2D eigenvalue weighted by Crippen LogP contribution is -2.45. The first-order chi connectivity index (χ1) is 9.63. The Balaban J connectivity index is 1.68. The fourth-order valence-electron chi connectivity index (χ4n) is 2.67. The minimum atomic E-state index is -0.0440. The summed E-state index contributed by atoms with van der Waals surface area (Å²) in [4.78, 5) is 16.6. The summed E-state index contributed by atoms with van der Waals surface area (Å²) in [6.07, 6.45) is 4.18. The second kappa shape index (κ2) is 5.54. The zero-order valence-corrected chi connectivity index (χ0v) is 12.0. The monoisotopic (exact) mass is 277 g/mol. The minimum Gasteiger partial charge on any atom is -0.368 e. The molecular weight excluding hydrogens is 254 g/mol. The molecule has 0 amide bonds. The lowest BCUT2D eigenvalue weighted by molar-refractivity contribution is 0.312. The summed E-state index contributed by atoms with van der Waals surface area (Å²) in [6.45, 7) is 4.48. The van der Waals surface area contributed by atoms with Crippen LogP contribution in [-0.4, -0.2) is 53.9 Å². The van der Waals surface area contributed by atoms with Crippen molar-refractivity contribution in [3.8, 4) is 0 Å². The van der Waals surface area contributed by atoms with Gasteiger partial charge in [0, 0.05) is 38.3 Å². The molecule has 2 fully saturated rings. The van der Waals surface area contributed by atoms with Gasteiger partial charge in [0.2, 0.25) is 0 Å². The van der Waals surface area contributed by atoms with E-state index in [4.69, 9.17) is 5.73 Å². The van der Waals surface area contributed by atoms with Crippen molar-refractivity contribution in [3.63, 3.8) is 0 Å². The molecule has 0 bridgehead atoms. The maximum Gasteiger partial charge on any atom is 0.268 e. The van der Waals surface area contributed by atoms with E-state index in [2.05, 4.69) is 21.9 Å². The molecule has 1 atom stereocenters. The van der Waals surface area contributed by atoms with Gasteiger partial charge in [-0.3, -0.25) is 4.79 Å². The molecule has 6 heteroatoms. The molecule has 1 saturated carbocycles. The molecule has 0 radical (unpaired) electrons. The van der Waals surface area contributed by atoms with E-state index < -0.39 is 0 Å². The Morgan fingerprint density at radius 3 is 2.65 bits per heavy atom. The maximum atomic E-state index is 12.1. The number of hydrogen-bond acceptors (Lipinski definition) is 5. The summed E-state index contributed by atoms with van der Waals surface area (Å²) in [7, 11) is 2.12. The van der Waals surface area contributed by atoms with Gasteiger partial charge in [-0.1, -0.05) is 0 Å². The minimum absolute atomic E-state index is 0.0440. The molecule has 1 saturated heterocycles. The molecule has 1 aromatic rings.